The third-order valence-electron chi connectivity index (χ3n) is 2.73. The second-order valence-corrected chi connectivity index (χ2v) is 3.90. The number of allylic oxidation sites excluding steroid dienone is 1. The van der Waals surface area contributed by atoms with E-state index in [-0.39, 0.29) is 12.6 Å². The first kappa shape index (κ1) is 11.4. The van der Waals surface area contributed by atoms with Crippen LogP contribution in [0.15, 0.2) is 33.5 Å². The van der Waals surface area contributed by atoms with Crippen LogP contribution in [-0.2, 0) is 6.61 Å². The number of aromatic nitrogens is 2. The van der Waals surface area contributed by atoms with E-state index in [0.717, 1.165) is 0 Å². The van der Waals surface area contributed by atoms with E-state index in [0.29, 0.717) is 22.8 Å². The number of fused-ring (bicyclic) bond motifs is 1. The molecule has 19 heavy (non-hydrogen) atoms. The summed E-state index contributed by atoms with van der Waals surface area (Å²) >= 11 is 0. The first-order valence-electron chi connectivity index (χ1n) is 5.47. The summed E-state index contributed by atoms with van der Waals surface area (Å²) in [7, 11) is 0. The number of guanidine groups is 1. The second kappa shape index (κ2) is 4.20. The fraction of sp³-hybridized carbons (Fsp3) is 0.200. The number of hydrazine groups is 1. The van der Waals surface area contributed by atoms with Crippen molar-refractivity contribution >= 4 is 11.8 Å². The Bertz CT molecular complexity index is 661. The monoisotopic (exact) mass is 258 g/mol. The number of hydrogen-bond acceptors (Lipinski definition) is 8. The normalized spacial score (nSPS) is 21.4. The SMILES string of the molecule is N#CC1=C2C(n3ccc(CO)n3)=NC(N)=NC2NN1. The average Bonchev–Trinajstić information content (AvgIpc) is 3.03. The van der Waals surface area contributed by atoms with Crippen LogP contribution in [0.25, 0.3) is 0 Å². The molecule has 0 spiro atoms. The average molecular weight is 258 g/mol. The van der Waals surface area contributed by atoms with Crippen molar-refractivity contribution < 1.29 is 5.11 Å². The van der Waals surface area contributed by atoms with Crippen molar-refractivity contribution in [2.45, 2.75) is 12.8 Å². The summed E-state index contributed by atoms with van der Waals surface area (Å²) in [4.78, 5) is 8.19. The molecular formula is C10H10N8O. The minimum atomic E-state index is -0.469. The molecule has 0 aliphatic carbocycles. The van der Waals surface area contributed by atoms with Crippen LogP contribution in [0.2, 0.25) is 0 Å². The lowest BCUT2D eigenvalue weighted by Gasteiger charge is -2.16. The number of aliphatic imine (C=N–C) groups is 2. The Labute approximate surface area is 107 Å². The zero-order valence-electron chi connectivity index (χ0n) is 9.70. The Balaban J connectivity index is 2.12. The molecule has 3 rings (SSSR count). The highest BCUT2D eigenvalue weighted by Gasteiger charge is 2.33. The number of nitriles is 1. The Morgan fingerprint density at radius 1 is 1.58 bits per heavy atom. The van der Waals surface area contributed by atoms with Gasteiger partial charge in [0.2, 0.25) is 5.96 Å². The van der Waals surface area contributed by atoms with Gasteiger partial charge in [-0.3, -0.25) is 0 Å². The van der Waals surface area contributed by atoms with Gasteiger partial charge in [0.1, 0.15) is 11.8 Å². The fourth-order valence-corrected chi connectivity index (χ4v) is 1.90. The van der Waals surface area contributed by atoms with Gasteiger partial charge in [-0.2, -0.15) is 15.4 Å². The van der Waals surface area contributed by atoms with Crippen LogP contribution in [0.3, 0.4) is 0 Å². The van der Waals surface area contributed by atoms with E-state index < -0.39 is 6.17 Å². The highest BCUT2D eigenvalue weighted by atomic mass is 16.3. The fourth-order valence-electron chi connectivity index (χ4n) is 1.90. The van der Waals surface area contributed by atoms with E-state index in [1.807, 2.05) is 6.07 Å². The van der Waals surface area contributed by atoms with E-state index in [1.165, 1.54) is 4.68 Å². The molecule has 3 heterocycles. The van der Waals surface area contributed by atoms with Crippen molar-refractivity contribution in [2.75, 3.05) is 0 Å². The molecule has 1 aromatic rings. The van der Waals surface area contributed by atoms with Gasteiger partial charge in [-0.25, -0.2) is 15.1 Å². The van der Waals surface area contributed by atoms with Crippen molar-refractivity contribution in [3.63, 3.8) is 0 Å². The highest BCUT2D eigenvalue weighted by molar-refractivity contribution is 6.09. The van der Waals surface area contributed by atoms with Crippen molar-refractivity contribution in [1.82, 2.24) is 20.6 Å². The van der Waals surface area contributed by atoms with Gasteiger partial charge >= 0.3 is 0 Å². The number of hydrogen-bond donors (Lipinski definition) is 4. The largest absolute Gasteiger partial charge is 0.390 e. The topological polar surface area (TPSA) is 137 Å². The van der Waals surface area contributed by atoms with Crippen molar-refractivity contribution in [3.05, 3.63) is 29.2 Å². The molecule has 0 fully saturated rings. The molecule has 1 atom stereocenters. The lowest BCUT2D eigenvalue weighted by atomic mass is 10.1. The van der Waals surface area contributed by atoms with Gasteiger partial charge in [0.15, 0.2) is 12.0 Å². The lowest BCUT2D eigenvalue weighted by molar-refractivity contribution is 0.276. The van der Waals surface area contributed by atoms with Crippen molar-refractivity contribution in [2.24, 2.45) is 15.7 Å². The third-order valence-corrected chi connectivity index (χ3v) is 2.73. The van der Waals surface area contributed by atoms with Crippen LogP contribution in [0.4, 0.5) is 0 Å². The molecule has 5 N–H and O–H groups in total. The van der Waals surface area contributed by atoms with Gasteiger partial charge in [0, 0.05) is 6.20 Å². The molecule has 96 valence electrons. The number of nitrogens with zero attached hydrogens (tertiary/aromatic N) is 5. The molecule has 9 nitrogen and oxygen atoms in total. The molecule has 0 saturated heterocycles. The van der Waals surface area contributed by atoms with Gasteiger partial charge in [0.05, 0.1) is 17.9 Å². The number of nitrogens with two attached hydrogens (primary N) is 1. The predicted octanol–water partition coefficient (Wildman–Crippen LogP) is -1.84. The van der Waals surface area contributed by atoms with Gasteiger partial charge in [-0.05, 0) is 6.07 Å². The molecule has 0 aromatic carbocycles. The molecule has 2 aliphatic heterocycles. The molecule has 0 amide bonds. The molecule has 0 saturated carbocycles. The molecule has 1 unspecified atom stereocenters. The summed E-state index contributed by atoms with van der Waals surface area (Å²) in [5.74, 6) is 0.504. The third kappa shape index (κ3) is 1.75. The zero-order chi connectivity index (χ0) is 13.4. The highest BCUT2D eigenvalue weighted by Crippen LogP contribution is 2.20. The summed E-state index contributed by atoms with van der Waals surface area (Å²) in [5, 5.41) is 22.2. The van der Waals surface area contributed by atoms with Crippen molar-refractivity contribution in [3.8, 4) is 6.07 Å². The lowest BCUT2D eigenvalue weighted by Crippen LogP contribution is -2.38. The minimum absolute atomic E-state index is 0.0956. The first-order chi connectivity index (χ1) is 9.22. The van der Waals surface area contributed by atoms with Crippen LogP contribution in [-0.4, -0.2) is 32.8 Å². The Hall–Kier alpha value is -2.70. The zero-order valence-corrected chi connectivity index (χ0v) is 9.70. The number of rotatable bonds is 1. The van der Waals surface area contributed by atoms with E-state index in [4.69, 9.17) is 16.1 Å². The van der Waals surface area contributed by atoms with E-state index in [9.17, 15) is 0 Å². The molecule has 0 radical (unpaired) electrons. The number of aliphatic hydroxyl groups is 1. The standard InChI is InChI=1S/C10H10N8O/c11-3-6-7-8(16-15-6)13-10(12)14-9(7)18-2-1-5(4-19)17-18/h1-2,8,15-16,19H,4H2,(H2,12,13). The van der Waals surface area contributed by atoms with Gasteiger partial charge in [-0.15, -0.1) is 0 Å². The van der Waals surface area contributed by atoms with Gasteiger partial charge < -0.3 is 16.3 Å². The molecule has 1 aromatic heterocycles. The minimum Gasteiger partial charge on any atom is -0.390 e. The van der Waals surface area contributed by atoms with Crippen LogP contribution in [0.5, 0.6) is 0 Å². The summed E-state index contributed by atoms with van der Waals surface area (Å²) < 4.78 is 1.46. The summed E-state index contributed by atoms with van der Waals surface area (Å²) in [6.45, 7) is -0.173. The van der Waals surface area contributed by atoms with E-state index in [1.54, 1.807) is 12.3 Å². The molecular weight excluding hydrogens is 248 g/mol. The Morgan fingerprint density at radius 3 is 3.11 bits per heavy atom. The predicted molar refractivity (Wildman–Crippen MR) is 65.3 cm³/mol. The Morgan fingerprint density at radius 2 is 2.42 bits per heavy atom. The summed E-state index contributed by atoms with van der Waals surface area (Å²) in [6.07, 6.45) is 1.17. The second-order valence-electron chi connectivity index (χ2n) is 3.90. The van der Waals surface area contributed by atoms with Crippen LogP contribution >= 0.6 is 0 Å². The number of aliphatic hydroxyl groups excluding tert-OH is 1. The summed E-state index contributed by atoms with van der Waals surface area (Å²) in [6, 6.07) is 3.68. The van der Waals surface area contributed by atoms with Crippen molar-refractivity contribution in [1.29, 1.82) is 5.26 Å². The summed E-state index contributed by atoms with van der Waals surface area (Å²) in [5.41, 5.74) is 12.6. The van der Waals surface area contributed by atoms with Gasteiger partial charge in [0.25, 0.3) is 0 Å². The quantitative estimate of drug-likeness (QED) is 0.467. The Kier molecular flexibility index (Phi) is 2.52. The maximum atomic E-state index is 9.07. The smallest absolute Gasteiger partial charge is 0.219 e. The molecule has 9 heteroatoms. The van der Waals surface area contributed by atoms with E-state index >= 15 is 0 Å². The molecule has 2 aliphatic rings. The van der Waals surface area contributed by atoms with Crippen LogP contribution < -0.4 is 16.6 Å². The van der Waals surface area contributed by atoms with Crippen LogP contribution in [0.1, 0.15) is 5.69 Å². The maximum absolute atomic E-state index is 9.07. The molecule has 0 bridgehead atoms. The van der Waals surface area contributed by atoms with Gasteiger partial charge in [-0.1, -0.05) is 0 Å². The van der Waals surface area contributed by atoms with E-state index in [2.05, 4.69) is 25.9 Å². The number of nitrogens with one attached hydrogen (secondary N) is 2. The first-order valence-corrected chi connectivity index (χ1v) is 5.47. The van der Waals surface area contributed by atoms with Crippen LogP contribution in [0, 0.1) is 11.3 Å². The maximum Gasteiger partial charge on any atom is 0.219 e.